The van der Waals surface area contributed by atoms with E-state index in [0.29, 0.717) is 12.3 Å². The third kappa shape index (κ3) is 2.90. The zero-order valence-electron chi connectivity index (χ0n) is 11.7. The lowest BCUT2D eigenvalue weighted by molar-refractivity contribution is 0.159. The van der Waals surface area contributed by atoms with Gasteiger partial charge in [-0.25, -0.2) is 4.39 Å². The molecular weight excluding hydrogens is 269 g/mol. The monoisotopic (exact) mass is 285 g/mol. The van der Waals surface area contributed by atoms with E-state index in [1.54, 1.807) is 12.1 Å². The van der Waals surface area contributed by atoms with Crippen molar-refractivity contribution in [3.8, 4) is 0 Å². The lowest BCUT2D eigenvalue weighted by Gasteiger charge is -2.21. The van der Waals surface area contributed by atoms with Crippen molar-refractivity contribution < 1.29 is 13.9 Å². The largest absolute Gasteiger partial charge is 0.458 e. The Morgan fingerprint density at radius 3 is 2.57 bits per heavy atom. The number of para-hydroxylation sites is 1. The summed E-state index contributed by atoms with van der Waals surface area (Å²) in [6.07, 6.45) is -0.743. The van der Waals surface area contributed by atoms with Crippen LogP contribution in [0.5, 0.6) is 0 Å². The van der Waals surface area contributed by atoms with Crippen LogP contribution in [0, 0.1) is 5.82 Å². The van der Waals surface area contributed by atoms with Crippen LogP contribution in [0.2, 0.25) is 0 Å². The number of hydrogen-bond donors (Lipinski definition) is 1. The van der Waals surface area contributed by atoms with E-state index in [1.165, 1.54) is 12.1 Å². The number of hydrogen-bond acceptors (Lipinski definition) is 3. The molecule has 0 amide bonds. The number of likely N-dealkylation sites (N-methyl/N-ethyl adjacent to an activating group) is 1. The van der Waals surface area contributed by atoms with Crippen LogP contribution in [-0.4, -0.2) is 18.7 Å². The van der Waals surface area contributed by atoms with E-state index < -0.39 is 6.10 Å². The third-order valence-electron chi connectivity index (χ3n) is 3.49. The molecule has 1 heterocycles. The topological polar surface area (TPSA) is 36.6 Å². The summed E-state index contributed by atoms with van der Waals surface area (Å²) >= 11 is 0. The zero-order chi connectivity index (χ0) is 14.8. The molecule has 0 aliphatic carbocycles. The molecule has 0 saturated heterocycles. The summed E-state index contributed by atoms with van der Waals surface area (Å²) in [6, 6.07) is 15.7. The lowest BCUT2D eigenvalue weighted by atomic mass is 10.2. The Morgan fingerprint density at radius 1 is 1.14 bits per heavy atom. The molecule has 3 aromatic rings. The van der Waals surface area contributed by atoms with Gasteiger partial charge >= 0.3 is 0 Å². The van der Waals surface area contributed by atoms with Gasteiger partial charge < -0.3 is 14.4 Å². The van der Waals surface area contributed by atoms with Crippen LogP contribution < -0.4 is 4.90 Å². The highest BCUT2D eigenvalue weighted by molar-refractivity contribution is 5.77. The molecule has 3 rings (SSSR count). The molecule has 0 spiro atoms. The summed E-state index contributed by atoms with van der Waals surface area (Å²) in [5.74, 6) is 0.259. The SMILES string of the molecule is CN(CC(O)c1cc2ccccc2o1)c1ccc(F)cc1. The molecule has 1 N–H and O–H groups in total. The van der Waals surface area contributed by atoms with Crippen molar-refractivity contribution in [2.45, 2.75) is 6.10 Å². The van der Waals surface area contributed by atoms with Gasteiger partial charge in [-0.1, -0.05) is 18.2 Å². The molecule has 0 fully saturated rings. The first-order valence-corrected chi connectivity index (χ1v) is 6.77. The Balaban J connectivity index is 1.75. The number of nitrogens with zero attached hydrogens (tertiary/aromatic N) is 1. The van der Waals surface area contributed by atoms with Gasteiger partial charge in [0.25, 0.3) is 0 Å². The number of benzene rings is 2. The average Bonchev–Trinajstić information content (AvgIpc) is 2.92. The lowest BCUT2D eigenvalue weighted by Crippen LogP contribution is -2.23. The predicted octanol–water partition coefficient (Wildman–Crippen LogP) is 3.74. The molecule has 3 nitrogen and oxygen atoms in total. The number of halogens is 1. The fourth-order valence-corrected chi connectivity index (χ4v) is 2.32. The minimum atomic E-state index is -0.743. The quantitative estimate of drug-likeness (QED) is 0.793. The molecule has 0 aliphatic rings. The smallest absolute Gasteiger partial charge is 0.135 e. The second-order valence-electron chi connectivity index (χ2n) is 5.06. The van der Waals surface area contributed by atoms with Crippen LogP contribution in [0.3, 0.4) is 0 Å². The van der Waals surface area contributed by atoms with Crippen molar-refractivity contribution in [2.75, 3.05) is 18.5 Å². The van der Waals surface area contributed by atoms with Gasteiger partial charge in [0.05, 0.1) is 6.54 Å². The van der Waals surface area contributed by atoms with E-state index in [-0.39, 0.29) is 5.82 Å². The maximum Gasteiger partial charge on any atom is 0.135 e. The molecular formula is C17H16FNO2. The summed E-state index contributed by atoms with van der Waals surface area (Å²) in [5.41, 5.74) is 1.60. The first-order chi connectivity index (χ1) is 10.1. The average molecular weight is 285 g/mol. The Labute approximate surface area is 122 Å². The number of aliphatic hydroxyl groups is 1. The van der Waals surface area contributed by atoms with Crippen molar-refractivity contribution in [3.05, 3.63) is 66.2 Å². The molecule has 21 heavy (non-hydrogen) atoms. The van der Waals surface area contributed by atoms with Crippen LogP contribution in [0.25, 0.3) is 11.0 Å². The normalized spacial score (nSPS) is 12.5. The van der Waals surface area contributed by atoms with Crippen LogP contribution in [-0.2, 0) is 0 Å². The molecule has 0 aliphatic heterocycles. The van der Waals surface area contributed by atoms with E-state index in [1.807, 2.05) is 42.3 Å². The van der Waals surface area contributed by atoms with E-state index in [9.17, 15) is 9.50 Å². The highest BCUT2D eigenvalue weighted by Crippen LogP contribution is 2.25. The molecule has 2 aromatic carbocycles. The summed E-state index contributed by atoms with van der Waals surface area (Å²) in [6.45, 7) is 0.367. The molecule has 0 bridgehead atoms. The van der Waals surface area contributed by atoms with Crippen molar-refractivity contribution in [2.24, 2.45) is 0 Å². The van der Waals surface area contributed by atoms with E-state index in [0.717, 1.165) is 16.7 Å². The first kappa shape index (κ1) is 13.6. The van der Waals surface area contributed by atoms with Crippen LogP contribution in [0.1, 0.15) is 11.9 Å². The van der Waals surface area contributed by atoms with Gasteiger partial charge in [0.15, 0.2) is 0 Å². The number of rotatable bonds is 4. The summed E-state index contributed by atoms with van der Waals surface area (Å²) < 4.78 is 18.6. The minimum Gasteiger partial charge on any atom is -0.458 e. The molecule has 0 saturated carbocycles. The molecule has 1 aromatic heterocycles. The minimum absolute atomic E-state index is 0.273. The standard InChI is InChI=1S/C17H16FNO2/c1-19(14-8-6-13(18)7-9-14)11-15(20)17-10-12-4-2-3-5-16(12)21-17/h2-10,15,20H,11H2,1H3. The number of aliphatic hydroxyl groups excluding tert-OH is 1. The number of furan rings is 1. The predicted molar refractivity (Wildman–Crippen MR) is 80.8 cm³/mol. The Hall–Kier alpha value is -2.33. The summed E-state index contributed by atoms with van der Waals surface area (Å²) in [7, 11) is 1.85. The van der Waals surface area contributed by atoms with Gasteiger partial charge in [-0.05, 0) is 36.4 Å². The molecule has 108 valence electrons. The molecule has 0 radical (unpaired) electrons. The van der Waals surface area contributed by atoms with Gasteiger partial charge in [-0.3, -0.25) is 0 Å². The Bertz CT molecular complexity index is 703. The van der Waals surface area contributed by atoms with Crippen molar-refractivity contribution in [3.63, 3.8) is 0 Å². The van der Waals surface area contributed by atoms with Gasteiger partial charge in [-0.2, -0.15) is 0 Å². The van der Waals surface area contributed by atoms with E-state index in [4.69, 9.17) is 4.42 Å². The number of fused-ring (bicyclic) bond motifs is 1. The number of anilines is 1. The second-order valence-corrected chi connectivity index (χ2v) is 5.06. The van der Waals surface area contributed by atoms with E-state index in [2.05, 4.69) is 0 Å². The second kappa shape index (κ2) is 5.58. The van der Waals surface area contributed by atoms with Gasteiger partial charge in [0.1, 0.15) is 23.3 Å². The Morgan fingerprint density at radius 2 is 1.86 bits per heavy atom. The maximum absolute atomic E-state index is 12.9. The summed E-state index contributed by atoms with van der Waals surface area (Å²) in [5, 5.41) is 11.3. The first-order valence-electron chi connectivity index (χ1n) is 6.77. The zero-order valence-corrected chi connectivity index (χ0v) is 11.7. The fourth-order valence-electron chi connectivity index (χ4n) is 2.32. The Kier molecular flexibility index (Phi) is 3.62. The van der Waals surface area contributed by atoms with Crippen LogP contribution in [0.4, 0.5) is 10.1 Å². The van der Waals surface area contributed by atoms with Crippen molar-refractivity contribution >= 4 is 16.7 Å². The third-order valence-corrected chi connectivity index (χ3v) is 3.49. The van der Waals surface area contributed by atoms with Crippen molar-refractivity contribution in [1.82, 2.24) is 0 Å². The van der Waals surface area contributed by atoms with Gasteiger partial charge in [0, 0.05) is 18.1 Å². The van der Waals surface area contributed by atoms with Gasteiger partial charge in [-0.15, -0.1) is 0 Å². The van der Waals surface area contributed by atoms with Crippen molar-refractivity contribution in [1.29, 1.82) is 0 Å². The highest BCUT2D eigenvalue weighted by Gasteiger charge is 2.15. The van der Waals surface area contributed by atoms with Crippen LogP contribution >= 0.6 is 0 Å². The molecule has 1 unspecified atom stereocenters. The molecule has 4 heteroatoms. The maximum atomic E-state index is 12.9. The molecule has 1 atom stereocenters. The fraction of sp³-hybridized carbons (Fsp3) is 0.176. The van der Waals surface area contributed by atoms with Crippen LogP contribution in [0.15, 0.2) is 59.0 Å². The van der Waals surface area contributed by atoms with Gasteiger partial charge in [0.2, 0.25) is 0 Å². The van der Waals surface area contributed by atoms with E-state index >= 15 is 0 Å². The summed E-state index contributed by atoms with van der Waals surface area (Å²) in [4.78, 5) is 1.86. The highest BCUT2D eigenvalue weighted by atomic mass is 19.1.